The number of thioether (sulfide) groups is 1. The summed E-state index contributed by atoms with van der Waals surface area (Å²) in [4.78, 5) is 24.9. The number of aryl methyl sites for hydroxylation is 1. The summed E-state index contributed by atoms with van der Waals surface area (Å²) in [5.74, 6) is -0.363. The molecule has 2 amide bonds. The minimum Gasteiger partial charge on any atom is -0.349 e. The van der Waals surface area contributed by atoms with Crippen molar-refractivity contribution in [3.8, 4) is 0 Å². The van der Waals surface area contributed by atoms with Crippen LogP contribution in [0, 0.1) is 0 Å². The summed E-state index contributed by atoms with van der Waals surface area (Å²) in [5, 5.41) is 5.69. The van der Waals surface area contributed by atoms with Crippen molar-refractivity contribution in [2.75, 3.05) is 16.8 Å². The number of sulfone groups is 1. The van der Waals surface area contributed by atoms with Gasteiger partial charge in [0.2, 0.25) is 11.8 Å². The van der Waals surface area contributed by atoms with Crippen LogP contribution >= 0.6 is 11.8 Å². The Morgan fingerprint density at radius 1 is 1.21 bits per heavy atom. The van der Waals surface area contributed by atoms with Crippen LogP contribution in [-0.2, 0) is 25.8 Å². The predicted molar refractivity (Wildman–Crippen MR) is 113 cm³/mol. The van der Waals surface area contributed by atoms with E-state index in [-0.39, 0.29) is 34.9 Å². The Balaban J connectivity index is 1.40. The molecule has 2 N–H and O–H groups in total. The third-order valence-corrected chi connectivity index (χ3v) is 8.03. The molecule has 8 heteroatoms. The summed E-state index contributed by atoms with van der Waals surface area (Å²) in [6.45, 7) is 0. The van der Waals surface area contributed by atoms with Gasteiger partial charge in [0.25, 0.3) is 0 Å². The van der Waals surface area contributed by atoms with Crippen LogP contribution in [0.15, 0.2) is 52.3 Å². The first kappa shape index (κ1) is 20.0. The van der Waals surface area contributed by atoms with E-state index in [1.54, 1.807) is 6.07 Å². The summed E-state index contributed by atoms with van der Waals surface area (Å²) in [7, 11) is -3.63. The Morgan fingerprint density at radius 2 is 2.03 bits per heavy atom. The molecule has 0 spiro atoms. The number of benzene rings is 2. The molecule has 1 aliphatic carbocycles. The number of hydrogen-bond acceptors (Lipinski definition) is 5. The minimum absolute atomic E-state index is 0.0638. The van der Waals surface area contributed by atoms with Gasteiger partial charge in [0.15, 0.2) is 9.84 Å². The van der Waals surface area contributed by atoms with Crippen LogP contribution in [0.5, 0.6) is 0 Å². The standard InChI is InChI=1S/C21H22N2O4S2/c24-20(22-17-7-3-5-14-4-1-2-6-16(14)17)10-11-29(26,27)15-8-9-19-18(12-15)23-21(25)13-28-19/h1-2,4,6,8-9,12,17H,3,5,7,10-11,13H2,(H,22,24)(H,23,25)/t17-/m0/s1. The van der Waals surface area contributed by atoms with Gasteiger partial charge in [-0.25, -0.2) is 8.42 Å². The maximum Gasteiger partial charge on any atom is 0.234 e. The first-order valence-electron chi connectivity index (χ1n) is 9.59. The van der Waals surface area contributed by atoms with E-state index in [9.17, 15) is 18.0 Å². The Hall–Kier alpha value is -2.32. The van der Waals surface area contributed by atoms with Crippen LogP contribution in [-0.4, -0.2) is 31.7 Å². The molecule has 152 valence electrons. The third kappa shape index (κ3) is 4.48. The van der Waals surface area contributed by atoms with E-state index in [4.69, 9.17) is 0 Å². The zero-order chi connectivity index (χ0) is 20.4. The van der Waals surface area contributed by atoms with E-state index in [1.165, 1.54) is 29.5 Å². The van der Waals surface area contributed by atoms with E-state index in [0.29, 0.717) is 11.4 Å². The zero-order valence-electron chi connectivity index (χ0n) is 15.8. The second-order valence-corrected chi connectivity index (χ2v) is 10.4. The number of amides is 2. The van der Waals surface area contributed by atoms with Gasteiger partial charge in [-0.3, -0.25) is 9.59 Å². The van der Waals surface area contributed by atoms with E-state index < -0.39 is 9.84 Å². The second-order valence-electron chi connectivity index (χ2n) is 7.27. The van der Waals surface area contributed by atoms with Gasteiger partial charge < -0.3 is 10.6 Å². The lowest BCUT2D eigenvalue weighted by molar-refractivity contribution is -0.121. The third-order valence-electron chi connectivity index (χ3n) is 5.25. The Bertz CT molecular complexity index is 1070. The first-order chi connectivity index (χ1) is 13.9. The van der Waals surface area contributed by atoms with E-state index in [2.05, 4.69) is 16.7 Å². The molecule has 0 aromatic heterocycles. The maximum atomic E-state index is 12.7. The zero-order valence-corrected chi connectivity index (χ0v) is 17.4. The molecule has 0 radical (unpaired) electrons. The molecule has 2 aromatic rings. The van der Waals surface area contributed by atoms with Gasteiger partial charge in [-0.05, 0) is 48.6 Å². The lowest BCUT2D eigenvalue weighted by Gasteiger charge is -2.26. The Kier molecular flexibility index (Phi) is 5.65. The molecule has 0 unspecified atom stereocenters. The number of carbonyl (C=O) groups excluding carboxylic acids is 2. The highest BCUT2D eigenvalue weighted by molar-refractivity contribution is 8.00. The molecule has 2 aliphatic rings. The van der Waals surface area contributed by atoms with Crippen LogP contribution in [0.25, 0.3) is 0 Å². The van der Waals surface area contributed by atoms with Crippen molar-refractivity contribution < 1.29 is 18.0 Å². The monoisotopic (exact) mass is 430 g/mol. The Labute approximate surface area is 174 Å². The van der Waals surface area contributed by atoms with E-state index in [1.807, 2.05) is 18.2 Å². The molecule has 0 saturated heterocycles. The van der Waals surface area contributed by atoms with E-state index in [0.717, 1.165) is 29.7 Å². The van der Waals surface area contributed by atoms with Gasteiger partial charge in [-0.15, -0.1) is 11.8 Å². The number of hydrogen-bond donors (Lipinski definition) is 2. The molecule has 0 saturated carbocycles. The fourth-order valence-corrected chi connectivity index (χ4v) is 5.82. The van der Waals surface area contributed by atoms with Crippen LogP contribution in [0.2, 0.25) is 0 Å². The molecule has 1 aliphatic heterocycles. The lowest BCUT2D eigenvalue weighted by atomic mass is 9.88. The number of nitrogens with one attached hydrogen (secondary N) is 2. The predicted octanol–water partition coefficient (Wildman–Crippen LogP) is 3.09. The van der Waals surface area contributed by atoms with Gasteiger partial charge >= 0.3 is 0 Å². The van der Waals surface area contributed by atoms with Crippen LogP contribution < -0.4 is 10.6 Å². The fourth-order valence-electron chi connectivity index (χ4n) is 3.77. The first-order valence-corrected chi connectivity index (χ1v) is 12.2. The van der Waals surface area contributed by atoms with E-state index >= 15 is 0 Å². The SMILES string of the molecule is O=C1CSc2ccc(S(=O)(=O)CCC(=O)N[C@H]3CCCc4ccccc43)cc2N1. The molecule has 29 heavy (non-hydrogen) atoms. The van der Waals surface area contributed by atoms with Crippen molar-refractivity contribution >= 4 is 39.1 Å². The minimum atomic E-state index is -3.63. The van der Waals surface area contributed by atoms with Crippen molar-refractivity contribution in [1.82, 2.24) is 5.32 Å². The van der Waals surface area contributed by atoms with Crippen molar-refractivity contribution in [2.45, 2.75) is 41.5 Å². The van der Waals surface area contributed by atoms with Gasteiger partial charge in [-0.1, -0.05) is 24.3 Å². The normalized spacial score (nSPS) is 18.3. The fraction of sp³-hybridized carbons (Fsp3) is 0.333. The van der Waals surface area contributed by atoms with Crippen molar-refractivity contribution in [2.24, 2.45) is 0 Å². The lowest BCUT2D eigenvalue weighted by Crippen LogP contribution is -2.32. The van der Waals surface area contributed by atoms with Gasteiger partial charge in [0.1, 0.15) is 0 Å². The average Bonchev–Trinajstić information content (AvgIpc) is 2.72. The molecule has 0 bridgehead atoms. The number of rotatable bonds is 5. The Morgan fingerprint density at radius 3 is 2.90 bits per heavy atom. The molecule has 1 heterocycles. The quantitative estimate of drug-likeness (QED) is 0.761. The van der Waals surface area contributed by atoms with Gasteiger partial charge in [0, 0.05) is 11.3 Å². The average molecular weight is 431 g/mol. The molecule has 1 atom stereocenters. The highest BCUT2D eigenvalue weighted by atomic mass is 32.2. The summed E-state index contributed by atoms with van der Waals surface area (Å²) in [5.41, 5.74) is 2.87. The number of fused-ring (bicyclic) bond motifs is 2. The summed E-state index contributed by atoms with van der Waals surface area (Å²) in [6.07, 6.45) is 2.76. The molecule has 4 rings (SSSR count). The molecule has 0 fully saturated rings. The largest absolute Gasteiger partial charge is 0.349 e. The summed E-state index contributed by atoms with van der Waals surface area (Å²) >= 11 is 1.38. The van der Waals surface area contributed by atoms with Crippen LogP contribution in [0.1, 0.15) is 36.4 Å². The molecular formula is C21H22N2O4S2. The van der Waals surface area contributed by atoms with Crippen LogP contribution in [0.4, 0.5) is 5.69 Å². The molecule has 6 nitrogen and oxygen atoms in total. The van der Waals surface area contributed by atoms with Gasteiger partial charge in [0.05, 0.1) is 28.1 Å². The highest BCUT2D eigenvalue weighted by Crippen LogP contribution is 2.33. The summed E-state index contributed by atoms with van der Waals surface area (Å²) < 4.78 is 25.4. The van der Waals surface area contributed by atoms with Crippen LogP contribution in [0.3, 0.4) is 0 Å². The van der Waals surface area contributed by atoms with Crippen molar-refractivity contribution in [3.05, 3.63) is 53.6 Å². The number of anilines is 1. The second kappa shape index (κ2) is 8.20. The smallest absolute Gasteiger partial charge is 0.234 e. The van der Waals surface area contributed by atoms with Crippen molar-refractivity contribution in [3.63, 3.8) is 0 Å². The van der Waals surface area contributed by atoms with Gasteiger partial charge in [-0.2, -0.15) is 0 Å². The number of carbonyl (C=O) groups is 2. The topological polar surface area (TPSA) is 92.3 Å². The molecular weight excluding hydrogens is 408 g/mol. The summed E-state index contributed by atoms with van der Waals surface area (Å²) in [6, 6.07) is 12.7. The van der Waals surface area contributed by atoms with Crippen molar-refractivity contribution in [1.29, 1.82) is 0 Å². The maximum absolute atomic E-state index is 12.7. The molecule has 2 aromatic carbocycles. The highest BCUT2D eigenvalue weighted by Gasteiger charge is 2.24.